The Kier molecular flexibility index (Phi) is 5.63. The van der Waals surface area contributed by atoms with Crippen molar-refractivity contribution in [1.82, 2.24) is 19.0 Å². The third-order valence-electron chi connectivity index (χ3n) is 4.93. The Labute approximate surface area is 167 Å². The standard InChI is InChI=1S/C20H28N4O3S/c1-16(25)22-10-12-24(13-11-22)28(26,27)18-15-23(21-19(18)20(2,3)4)14-17-8-6-5-7-9-17/h5-9,15H,10-14H2,1-4H3. The second kappa shape index (κ2) is 7.67. The minimum atomic E-state index is -3.68. The number of amides is 1. The average Bonchev–Trinajstić information content (AvgIpc) is 3.08. The quantitative estimate of drug-likeness (QED) is 0.782. The molecule has 0 spiro atoms. The van der Waals surface area contributed by atoms with Crippen LogP contribution in [0.1, 0.15) is 39.0 Å². The van der Waals surface area contributed by atoms with Crippen LogP contribution >= 0.6 is 0 Å². The lowest BCUT2D eigenvalue weighted by Crippen LogP contribution is -2.50. The Morgan fingerprint density at radius 1 is 1.07 bits per heavy atom. The number of piperazine rings is 1. The third-order valence-corrected chi connectivity index (χ3v) is 6.83. The van der Waals surface area contributed by atoms with Gasteiger partial charge in [-0.3, -0.25) is 9.48 Å². The van der Waals surface area contributed by atoms with Gasteiger partial charge in [-0.1, -0.05) is 51.1 Å². The summed E-state index contributed by atoms with van der Waals surface area (Å²) in [5.41, 5.74) is 1.22. The van der Waals surface area contributed by atoms with E-state index >= 15 is 0 Å². The maximum absolute atomic E-state index is 13.4. The highest BCUT2D eigenvalue weighted by molar-refractivity contribution is 7.89. The predicted molar refractivity (Wildman–Crippen MR) is 107 cm³/mol. The lowest BCUT2D eigenvalue weighted by Gasteiger charge is -2.33. The summed E-state index contributed by atoms with van der Waals surface area (Å²) in [6.07, 6.45) is 1.64. The first-order chi connectivity index (χ1) is 13.1. The van der Waals surface area contributed by atoms with Gasteiger partial charge in [0.15, 0.2) is 0 Å². The minimum absolute atomic E-state index is 0.0249. The van der Waals surface area contributed by atoms with Gasteiger partial charge < -0.3 is 4.90 Å². The van der Waals surface area contributed by atoms with E-state index in [0.29, 0.717) is 38.4 Å². The zero-order chi connectivity index (χ0) is 20.5. The highest BCUT2D eigenvalue weighted by Gasteiger charge is 2.35. The van der Waals surface area contributed by atoms with Crippen molar-refractivity contribution in [3.63, 3.8) is 0 Å². The molecule has 1 aromatic heterocycles. The average molecular weight is 405 g/mol. The molecule has 152 valence electrons. The Morgan fingerprint density at radius 3 is 2.21 bits per heavy atom. The Balaban J connectivity index is 1.92. The molecule has 1 aliphatic heterocycles. The predicted octanol–water partition coefficient (Wildman–Crippen LogP) is 2.08. The molecule has 1 fully saturated rings. The van der Waals surface area contributed by atoms with Crippen molar-refractivity contribution in [3.05, 3.63) is 47.8 Å². The third kappa shape index (κ3) is 4.28. The number of sulfonamides is 1. The van der Waals surface area contributed by atoms with Gasteiger partial charge in [0.2, 0.25) is 15.9 Å². The van der Waals surface area contributed by atoms with Gasteiger partial charge in [0.05, 0.1) is 12.2 Å². The summed E-state index contributed by atoms with van der Waals surface area (Å²) in [4.78, 5) is 13.5. The number of carbonyl (C=O) groups excluding carboxylic acids is 1. The van der Waals surface area contributed by atoms with Gasteiger partial charge in [0.1, 0.15) is 4.90 Å². The topological polar surface area (TPSA) is 75.5 Å². The van der Waals surface area contributed by atoms with E-state index in [1.807, 2.05) is 51.1 Å². The Morgan fingerprint density at radius 2 is 1.68 bits per heavy atom. The normalized spacial score (nSPS) is 16.4. The summed E-state index contributed by atoms with van der Waals surface area (Å²) < 4.78 is 29.9. The highest BCUT2D eigenvalue weighted by Crippen LogP contribution is 2.30. The lowest BCUT2D eigenvalue weighted by atomic mass is 9.92. The highest BCUT2D eigenvalue weighted by atomic mass is 32.2. The van der Waals surface area contributed by atoms with Gasteiger partial charge in [-0.25, -0.2) is 8.42 Å². The number of hydrogen-bond acceptors (Lipinski definition) is 4. The van der Waals surface area contributed by atoms with E-state index in [-0.39, 0.29) is 10.8 Å². The van der Waals surface area contributed by atoms with Crippen molar-refractivity contribution < 1.29 is 13.2 Å². The van der Waals surface area contributed by atoms with Gasteiger partial charge in [-0.05, 0) is 5.56 Å². The van der Waals surface area contributed by atoms with E-state index in [1.54, 1.807) is 15.8 Å². The van der Waals surface area contributed by atoms with Crippen molar-refractivity contribution in [2.24, 2.45) is 0 Å². The molecule has 1 saturated heterocycles. The van der Waals surface area contributed by atoms with Gasteiger partial charge >= 0.3 is 0 Å². The molecule has 2 aromatic rings. The molecule has 0 radical (unpaired) electrons. The van der Waals surface area contributed by atoms with E-state index in [0.717, 1.165) is 5.56 Å². The van der Waals surface area contributed by atoms with Gasteiger partial charge in [0, 0.05) is 44.7 Å². The summed E-state index contributed by atoms with van der Waals surface area (Å²) >= 11 is 0. The largest absolute Gasteiger partial charge is 0.340 e. The number of nitrogens with zero attached hydrogens (tertiary/aromatic N) is 4. The van der Waals surface area contributed by atoms with Crippen LogP contribution in [0, 0.1) is 0 Å². The first kappa shape index (κ1) is 20.5. The molecule has 0 atom stereocenters. The first-order valence-corrected chi connectivity index (χ1v) is 10.9. The lowest BCUT2D eigenvalue weighted by molar-refractivity contribution is -0.129. The van der Waals surface area contributed by atoms with Crippen molar-refractivity contribution in [2.75, 3.05) is 26.2 Å². The van der Waals surface area contributed by atoms with Crippen LogP contribution in [0.5, 0.6) is 0 Å². The molecule has 3 rings (SSSR count). The Hall–Kier alpha value is -2.19. The summed E-state index contributed by atoms with van der Waals surface area (Å²) in [7, 11) is -3.68. The van der Waals surface area contributed by atoms with Gasteiger partial charge in [-0.15, -0.1) is 0 Å². The fraction of sp³-hybridized carbons (Fsp3) is 0.500. The van der Waals surface area contributed by atoms with Crippen molar-refractivity contribution >= 4 is 15.9 Å². The zero-order valence-electron chi connectivity index (χ0n) is 16.9. The first-order valence-electron chi connectivity index (χ1n) is 9.46. The van der Waals surface area contributed by atoms with E-state index in [2.05, 4.69) is 5.10 Å². The second-order valence-corrected chi connectivity index (χ2v) is 10.1. The van der Waals surface area contributed by atoms with Crippen LogP contribution in [0.3, 0.4) is 0 Å². The van der Waals surface area contributed by atoms with Crippen molar-refractivity contribution in [1.29, 1.82) is 0 Å². The second-order valence-electron chi connectivity index (χ2n) is 8.19. The fourth-order valence-corrected chi connectivity index (χ4v) is 5.11. The van der Waals surface area contributed by atoms with Gasteiger partial charge in [-0.2, -0.15) is 9.40 Å². The minimum Gasteiger partial charge on any atom is -0.340 e. The van der Waals surface area contributed by atoms with Crippen molar-refractivity contribution in [3.8, 4) is 0 Å². The summed E-state index contributed by atoms with van der Waals surface area (Å²) in [5, 5.41) is 4.63. The van der Waals surface area contributed by atoms with Crippen LogP contribution < -0.4 is 0 Å². The van der Waals surface area contributed by atoms with Gasteiger partial charge in [0.25, 0.3) is 0 Å². The van der Waals surface area contributed by atoms with Crippen molar-refractivity contribution in [2.45, 2.75) is 44.6 Å². The van der Waals surface area contributed by atoms with Crippen LogP contribution in [0.4, 0.5) is 0 Å². The molecular formula is C20H28N4O3S. The molecule has 1 aliphatic rings. The smallest absolute Gasteiger partial charge is 0.246 e. The van der Waals surface area contributed by atoms with E-state index in [1.165, 1.54) is 11.2 Å². The van der Waals surface area contributed by atoms with Crippen LogP contribution in [-0.2, 0) is 26.8 Å². The number of benzene rings is 1. The zero-order valence-corrected chi connectivity index (χ0v) is 17.7. The van der Waals surface area contributed by atoms with Crippen LogP contribution in [0.15, 0.2) is 41.4 Å². The van der Waals surface area contributed by atoms with Crippen LogP contribution in [0.25, 0.3) is 0 Å². The summed E-state index contributed by atoms with van der Waals surface area (Å²) in [6.45, 7) is 9.35. The molecular weight excluding hydrogens is 376 g/mol. The number of aromatic nitrogens is 2. The molecule has 7 nitrogen and oxygen atoms in total. The van der Waals surface area contributed by atoms with Crippen LogP contribution in [0.2, 0.25) is 0 Å². The molecule has 28 heavy (non-hydrogen) atoms. The number of hydrogen-bond donors (Lipinski definition) is 0. The number of carbonyl (C=O) groups is 1. The summed E-state index contributed by atoms with van der Waals surface area (Å²) in [5.74, 6) is -0.0249. The summed E-state index contributed by atoms with van der Waals surface area (Å²) in [6, 6.07) is 9.84. The molecule has 1 amide bonds. The van der Waals surface area contributed by atoms with E-state index < -0.39 is 15.4 Å². The molecule has 8 heteroatoms. The fourth-order valence-electron chi connectivity index (χ4n) is 3.35. The number of rotatable bonds is 4. The monoisotopic (exact) mass is 404 g/mol. The maximum atomic E-state index is 13.4. The van der Waals surface area contributed by atoms with Crippen LogP contribution in [-0.4, -0.2) is 59.5 Å². The SMILES string of the molecule is CC(=O)N1CCN(S(=O)(=O)c2cn(Cc3ccccc3)nc2C(C)(C)C)CC1. The molecule has 0 N–H and O–H groups in total. The molecule has 1 aromatic carbocycles. The van der Waals surface area contributed by atoms with E-state index in [4.69, 9.17) is 0 Å². The molecule has 0 aliphatic carbocycles. The molecule has 0 saturated carbocycles. The maximum Gasteiger partial charge on any atom is 0.246 e. The van der Waals surface area contributed by atoms with E-state index in [9.17, 15) is 13.2 Å². The molecule has 2 heterocycles. The molecule has 0 unspecified atom stereocenters. The molecule has 0 bridgehead atoms. The Bertz CT molecular complexity index is 938.